The molecule has 0 unspecified atom stereocenters. The molecule has 17 heavy (non-hydrogen) atoms. The lowest BCUT2D eigenvalue weighted by molar-refractivity contribution is 0.106. The average molecular weight is 232 g/mol. The first-order valence-corrected chi connectivity index (χ1v) is 6.53. The highest BCUT2D eigenvalue weighted by Crippen LogP contribution is 2.37. The number of nitrogens with zero attached hydrogens (tertiary/aromatic N) is 1. The van der Waals surface area contributed by atoms with Gasteiger partial charge in [0.2, 0.25) is 0 Å². The van der Waals surface area contributed by atoms with Gasteiger partial charge in [-0.15, -0.1) is 0 Å². The minimum absolute atomic E-state index is 0.224. The monoisotopic (exact) mass is 232 g/mol. The molecule has 1 fully saturated rings. The molecule has 2 heteroatoms. The van der Waals surface area contributed by atoms with Crippen LogP contribution < -0.4 is 5.32 Å². The molecular formula is C15H24N2. The van der Waals surface area contributed by atoms with E-state index < -0.39 is 0 Å². The van der Waals surface area contributed by atoms with E-state index in [-0.39, 0.29) is 5.54 Å². The summed E-state index contributed by atoms with van der Waals surface area (Å²) in [5, 5.41) is 3.47. The van der Waals surface area contributed by atoms with Gasteiger partial charge in [0.25, 0.3) is 0 Å². The van der Waals surface area contributed by atoms with Crippen LogP contribution in [0.2, 0.25) is 0 Å². The Morgan fingerprint density at radius 1 is 1.12 bits per heavy atom. The predicted molar refractivity (Wildman–Crippen MR) is 73.4 cm³/mol. The molecule has 1 N–H and O–H groups in total. The number of piperidine rings is 1. The summed E-state index contributed by atoms with van der Waals surface area (Å²) in [6.07, 6.45) is 2.40. The van der Waals surface area contributed by atoms with Crippen LogP contribution in [0, 0.1) is 13.8 Å². The van der Waals surface area contributed by atoms with E-state index in [4.69, 9.17) is 0 Å². The normalized spacial score (nSPS) is 19.6. The molecule has 0 bridgehead atoms. The van der Waals surface area contributed by atoms with Gasteiger partial charge in [-0.2, -0.15) is 0 Å². The number of hydrogen-bond donors (Lipinski definition) is 1. The fraction of sp³-hybridized carbons (Fsp3) is 0.600. The van der Waals surface area contributed by atoms with Crippen molar-refractivity contribution >= 4 is 0 Å². The van der Waals surface area contributed by atoms with Crippen LogP contribution in [0.15, 0.2) is 18.2 Å². The van der Waals surface area contributed by atoms with E-state index in [0.29, 0.717) is 0 Å². The first-order valence-electron chi connectivity index (χ1n) is 6.53. The standard InChI is InChI=1S/C15H24N2/c1-12-6-5-7-14(13(12)2)15(17(3)4)8-10-16-11-9-15/h5-7,16H,8-11H2,1-4H3. The second-order valence-corrected chi connectivity index (χ2v) is 5.42. The molecule has 1 aliphatic rings. The fourth-order valence-electron chi connectivity index (χ4n) is 3.05. The molecule has 0 spiro atoms. The van der Waals surface area contributed by atoms with Gasteiger partial charge < -0.3 is 5.32 Å². The molecule has 1 aromatic rings. The smallest absolute Gasteiger partial charge is 0.0481 e. The van der Waals surface area contributed by atoms with Crippen molar-refractivity contribution in [3.63, 3.8) is 0 Å². The molecule has 0 amide bonds. The van der Waals surface area contributed by atoms with Gasteiger partial charge in [-0.05, 0) is 70.6 Å². The molecule has 0 aromatic heterocycles. The maximum atomic E-state index is 3.47. The number of nitrogens with one attached hydrogen (secondary N) is 1. The zero-order valence-electron chi connectivity index (χ0n) is 11.5. The zero-order chi connectivity index (χ0) is 12.5. The Labute approximate surface area is 105 Å². The minimum atomic E-state index is 0.224. The Balaban J connectivity index is 2.49. The quantitative estimate of drug-likeness (QED) is 0.842. The van der Waals surface area contributed by atoms with Crippen molar-refractivity contribution in [2.45, 2.75) is 32.2 Å². The average Bonchev–Trinajstić information content (AvgIpc) is 2.33. The highest BCUT2D eigenvalue weighted by molar-refractivity contribution is 5.38. The van der Waals surface area contributed by atoms with Crippen LogP contribution in [0.5, 0.6) is 0 Å². The molecule has 1 heterocycles. The lowest BCUT2D eigenvalue weighted by Crippen LogP contribution is -2.49. The van der Waals surface area contributed by atoms with E-state index in [0.717, 1.165) is 13.1 Å². The van der Waals surface area contributed by atoms with Crippen LogP contribution in [0.3, 0.4) is 0 Å². The number of rotatable bonds is 2. The molecule has 2 nitrogen and oxygen atoms in total. The Morgan fingerprint density at radius 3 is 2.35 bits per heavy atom. The van der Waals surface area contributed by atoms with Gasteiger partial charge in [0.05, 0.1) is 0 Å². The molecule has 1 aromatic carbocycles. The van der Waals surface area contributed by atoms with Crippen LogP contribution in [-0.2, 0) is 5.54 Å². The predicted octanol–water partition coefficient (Wildman–Crippen LogP) is 2.44. The Hall–Kier alpha value is -0.860. The largest absolute Gasteiger partial charge is 0.317 e. The Bertz CT molecular complexity index is 390. The number of aryl methyl sites for hydroxylation is 1. The highest BCUT2D eigenvalue weighted by Gasteiger charge is 2.37. The van der Waals surface area contributed by atoms with Crippen molar-refractivity contribution in [2.24, 2.45) is 0 Å². The minimum Gasteiger partial charge on any atom is -0.317 e. The van der Waals surface area contributed by atoms with Crippen LogP contribution in [0.4, 0.5) is 0 Å². The van der Waals surface area contributed by atoms with Crippen molar-refractivity contribution in [1.82, 2.24) is 10.2 Å². The molecule has 94 valence electrons. The topological polar surface area (TPSA) is 15.3 Å². The maximum Gasteiger partial charge on any atom is 0.0481 e. The van der Waals surface area contributed by atoms with E-state index in [1.807, 2.05) is 0 Å². The summed E-state index contributed by atoms with van der Waals surface area (Å²) in [4.78, 5) is 2.41. The first-order chi connectivity index (χ1) is 8.08. The maximum absolute atomic E-state index is 3.47. The summed E-state index contributed by atoms with van der Waals surface area (Å²) in [7, 11) is 4.43. The van der Waals surface area contributed by atoms with Gasteiger partial charge in [0, 0.05) is 5.54 Å². The Kier molecular flexibility index (Phi) is 3.55. The van der Waals surface area contributed by atoms with Crippen LogP contribution in [0.1, 0.15) is 29.5 Å². The van der Waals surface area contributed by atoms with E-state index in [2.05, 4.69) is 56.4 Å². The molecule has 0 aliphatic carbocycles. The molecule has 2 rings (SSSR count). The van der Waals surface area contributed by atoms with Crippen molar-refractivity contribution in [2.75, 3.05) is 27.2 Å². The summed E-state index contributed by atoms with van der Waals surface area (Å²) in [5.41, 5.74) is 4.61. The van der Waals surface area contributed by atoms with E-state index in [1.54, 1.807) is 0 Å². The lowest BCUT2D eigenvalue weighted by Gasteiger charge is -2.44. The summed E-state index contributed by atoms with van der Waals surface area (Å²) in [6, 6.07) is 6.72. The fourth-order valence-corrected chi connectivity index (χ4v) is 3.05. The summed E-state index contributed by atoms with van der Waals surface area (Å²) < 4.78 is 0. The zero-order valence-corrected chi connectivity index (χ0v) is 11.5. The van der Waals surface area contributed by atoms with Crippen molar-refractivity contribution in [3.05, 3.63) is 34.9 Å². The summed E-state index contributed by atoms with van der Waals surface area (Å²) in [5.74, 6) is 0. The van der Waals surface area contributed by atoms with Gasteiger partial charge in [-0.25, -0.2) is 0 Å². The van der Waals surface area contributed by atoms with E-state index >= 15 is 0 Å². The third kappa shape index (κ3) is 2.12. The van der Waals surface area contributed by atoms with Crippen LogP contribution >= 0.6 is 0 Å². The Morgan fingerprint density at radius 2 is 1.76 bits per heavy atom. The van der Waals surface area contributed by atoms with Crippen molar-refractivity contribution in [3.8, 4) is 0 Å². The molecular weight excluding hydrogens is 208 g/mol. The molecule has 0 atom stereocenters. The highest BCUT2D eigenvalue weighted by atomic mass is 15.2. The third-order valence-corrected chi connectivity index (χ3v) is 4.39. The third-order valence-electron chi connectivity index (χ3n) is 4.39. The second kappa shape index (κ2) is 4.79. The van der Waals surface area contributed by atoms with E-state index in [1.165, 1.54) is 29.5 Å². The first kappa shape index (κ1) is 12.6. The van der Waals surface area contributed by atoms with Gasteiger partial charge >= 0.3 is 0 Å². The SMILES string of the molecule is Cc1cccc(C2(N(C)C)CCNCC2)c1C. The molecule has 1 aliphatic heterocycles. The molecule has 0 saturated carbocycles. The molecule has 0 radical (unpaired) electrons. The number of hydrogen-bond acceptors (Lipinski definition) is 2. The van der Waals surface area contributed by atoms with Gasteiger partial charge in [-0.1, -0.05) is 18.2 Å². The van der Waals surface area contributed by atoms with Crippen LogP contribution in [0.25, 0.3) is 0 Å². The lowest BCUT2D eigenvalue weighted by atomic mass is 9.77. The van der Waals surface area contributed by atoms with E-state index in [9.17, 15) is 0 Å². The van der Waals surface area contributed by atoms with Gasteiger partial charge in [-0.3, -0.25) is 4.90 Å². The summed E-state index contributed by atoms with van der Waals surface area (Å²) in [6.45, 7) is 6.71. The molecule has 1 saturated heterocycles. The number of benzene rings is 1. The summed E-state index contributed by atoms with van der Waals surface area (Å²) >= 11 is 0. The van der Waals surface area contributed by atoms with Gasteiger partial charge in [0.15, 0.2) is 0 Å². The van der Waals surface area contributed by atoms with Crippen molar-refractivity contribution in [1.29, 1.82) is 0 Å². The van der Waals surface area contributed by atoms with Gasteiger partial charge in [0.1, 0.15) is 0 Å². The second-order valence-electron chi connectivity index (χ2n) is 5.42. The van der Waals surface area contributed by atoms with Crippen LogP contribution in [-0.4, -0.2) is 32.1 Å². The van der Waals surface area contributed by atoms with Crippen molar-refractivity contribution < 1.29 is 0 Å².